The number of allylic oxidation sites excluding steroid dienone is 1. The van der Waals surface area contributed by atoms with Crippen molar-refractivity contribution in [3.63, 3.8) is 0 Å². The highest BCUT2D eigenvalue weighted by Gasteiger charge is 2.16. The van der Waals surface area contributed by atoms with E-state index in [1.54, 1.807) is 30.3 Å². The second-order valence-corrected chi connectivity index (χ2v) is 7.67. The zero-order valence-electron chi connectivity index (χ0n) is 13.2. The zero-order valence-corrected chi connectivity index (χ0v) is 14.8. The third kappa shape index (κ3) is 3.81. The number of hydrogen-bond donors (Lipinski definition) is 1. The Kier molecular flexibility index (Phi) is 5.01. The minimum atomic E-state index is -0.431. The normalized spacial score (nSPS) is 12.1. The molecular weight excluding hydrogens is 359 g/mol. The van der Waals surface area contributed by atoms with Gasteiger partial charge in [-0.15, -0.1) is 11.3 Å². The van der Waals surface area contributed by atoms with Crippen LogP contribution in [0.3, 0.4) is 0 Å². The second kappa shape index (κ2) is 7.21. The number of rotatable bonds is 4. The maximum absolute atomic E-state index is 13.4. The number of carbonyl (C=O) groups is 1. The van der Waals surface area contributed by atoms with Gasteiger partial charge in [0.15, 0.2) is 11.2 Å². The summed E-state index contributed by atoms with van der Waals surface area (Å²) < 4.78 is 14.4. The fourth-order valence-electron chi connectivity index (χ4n) is 2.27. The van der Waals surface area contributed by atoms with E-state index in [0.29, 0.717) is 19.9 Å². The van der Waals surface area contributed by atoms with Gasteiger partial charge in [-0.25, -0.2) is 4.39 Å². The molecule has 3 rings (SSSR count). The molecule has 6 heteroatoms. The third-order valence-corrected chi connectivity index (χ3v) is 5.83. The average molecular weight is 372 g/mol. The van der Waals surface area contributed by atoms with E-state index in [1.807, 2.05) is 0 Å². The first kappa shape index (κ1) is 17.4. The molecule has 0 bridgehead atoms. The molecule has 25 heavy (non-hydrogen) atoms. The summed E-state index contributed by atoms with van der Waals surface area (Å²) in [6.45, 7) is 1.35. The van der Waals surface area contributed by atoms with E-state index in [0.717, 1.165) is 11.8 Å². The summed E-state index contributed by atoms with van der Waals surface area (Å²) in [7, 11) is 0. The first-order valence-electron chi connectivity index (χ1n) is 7.36. The lowest BCUT2D eigenvalue weighted by molar-refractivity contribution is -0.112. The van der Waals surface area contributed by atoms with E-state index in [2.05, 4.69) is 0 Å². The number of aliphatic hydroxyl groups is 1. The van der Waals surface area contributed by atoms with Crippen LogP contribution in [-0.2, 0) is 4.79 Å². The predicted octanol–water partition coefficient (Wildman–Crippen LogP) is 5.01. The number of benzene rings is 2. The molecule has 0 aliphatic heterocycles. The third-order valence-electron chi connectivity index (χ3n) is 3.45. The zero-order chi connectivity index (χ0) is 18.0. The highest BCUT2D eigenvalue weighted by atomic mass is 32.2. The fourth-order valence-corrected chi connectivity index (χ4v) is 4.52. The van der Waals surface area contributed by atoms with Crippen LogP contribution >= 0.6 is 23.1 Å². The van der Waals surface area contributed by atoms with Crippen LogP contribution in [0.15, 0.2) is 68.5 Å². The second-order valence-electron chi connectivity index (χ2n) is 5.27. The molecule has 0 unspecified atom stereocenters. The lowest BCUT2D eigenvalue weighted by atomic mass is 10.1. The Bertz CT molecular complexity index is 1040. The van der Waals surface area contributed by atoms with Crippen molar-refractivity contribution in [3.8, 4) is 0 Å². The van der Waals surface area contributed by atoms with Crippen molar-refractivity contribution in [2.24, 2.45) is 0 Å². The molecule has 1 aromatic heterocycles. The number of thioether (sulfide) groups is 1. The van der Waals surface area contributed by atoms with Crippen molar-refractivity contribution < 1.29 is 14.3 Å². The van der Waals surface area contributed by atoms with Crippen molar-refractivity contribution in [3.05, 3.63) is 81.1 Å². The summed E-state index contributed by atoms with van der Waals surface area (Å²) in [5.41, 5.74) is 0.262. The van der Waals surface area contributed by atoms with Crippen LogP contribution in [0.1, 0.15) is 12.5 Å². The predicted molar refractivity (Wildman–Crippen MR) is 101 cm³/mol. The van der Waals surface area contributed by atoms with Crippen LogP contribution in [0.4, 0.5) is 4.39 Å². The molecular formula is C19H13FO3S2. The molecule has 2 aromatic carbocycles. The molecule has 0 aliphatic carbocycles. The van der Waals surface area contributed by atoms with E-state index < -0.39 is 5.82 Å². The lowest BCUT2D eigenvalue weighted by Gasteiger charge is -2.08. The van der Waals surface area contributed by atoms with Gasteiger partial charge in [0.1, 0.15) is 11.6 Å². The van der Waals surface area contributed by atoms with E-state index in [-0.39, 0.29) is 21.9 Å². The van der Waals surface area contributed by atoms with Crippen LogP contribution in [0.25, 0.3) is 15.8 Å². The number of Topliss-reactive ketones (excluding diaryl/α,β-unsaturated/α-hetero) is 1. The average Bonchev–Trinajstić information content (AvgIpc) is 2.59. The lowest BCUT2D eigenvalue weighted by Crippen LogP contribution is -2.01. The van der Waals surface area contributed by atoms with Gasteiger partial charge < -0.3 is 5.11 Å². The number of fused-ring (bicyclic) bond motifs is 1. The Morgan fingerprint density at radius 1 is 1.12 bits per heavy atom. The Morgan fingerprint density at radius 3 is 2.52 bits per heavy atom. The first-order chi connectivity index (χ1) is 12.0. The fraction of sp³-hybridized carbons (Fsp3) is 0.0526. The van der Waals surface area contributed by atoms with E-state index >= 15 is 0 Å². The minimum Gasteiger partial charge on any atom is -0.506 e. The minimum absolute atomic E-state index is 0.137. The number of aliphatic hydroxyl groups excluding tert-OH is 1. The van der Waals surface area contributed by atoms with Crippen LogP contribution in [0, 0.1) is 5.82 Å². The van der Waals surface area contributed by atoms with Gasteiger partial charge in [-0.05, 0) is 25.1 Å². The summed E-state index contributed by atoms with van der Waals surface area (Å²) in [6.07, 6.45) is 0. The van der Waals surface area contributed by atoms with Gasteiger partial charge in [0, 0.05) is 21.7 Å². The van der Waals surface area contributed by atoms with Crippen molar-refractivity contribution in [2.75, 3.05) is 0 Å². The molecule has 0 saturated carbocycles. The SMILES string of the molecule is CC(=O)/C(Sc1cc(=O)c2ccc(F)cc2s1)=C(/O)c1ccccc1. The van der Waals surface area contributed by atoms with Gasteiger partial charge in [0.2, 0.25) is 0 Å². The van der Waals surface area contributed by atoms with E-state index in [1.165, 1.54) is 42.5 Å². The Labute approximate surface area is 151 Å². The molecule has 0 saturated heterocycles. The van der Waals surface area contributed by atoms with Crippen LogP contribution in [0.2, 0.25) is 0 Å². The standard InChI is InChI=1S/C19H13FO3S2/c1-11(21)19(18(23)12-5-3-2-4-6-12)25-17-10-15(22)14-8-7-13(20)9-16(14)24-17/h2-10,23H,1H3/b19-18-. The molecule has 0 fully saturated rings. The van der Waals surface area contributed by atoms with Gasteiger partial charge in [0.25, 0.3) is 0 Å². The molecule has 0 atom stereocenters. The number of ketones is 1. The maximum atomic E-state index is 13.4. The Balaban J connectivity index is 2.08. The number of hydrogen-bond acceptors (Lipinski definition) is 5. The van der Waals surface area contributed by atoms with Crippen molar-refractivity contribution in [1.82, 2.24) is 0 Å². The summed E-state index contributed by atoms with van der Waals surface area (Å²) >= 11 is 2.21. The van der Waals surface area contributed by atoms with Crippen LogP contribution in [0.5, 0.6) is 0 Å². The molecule has 0 spiro atoms. The topological polar surface area (TPSA) is 54.4 Å². The van der Waals surface area contributed by atoms with E-state index in [4.69, 9.17) is 0 Å². The summed E-state index contributed by atoms with van der Waals surface area (Å²) in [5.74, 6) is -0.887. The van der Waals surface area contributed by atoms with Crippen molar-refractivity contribution in [1.29, 1.82) is 0 Å². The highest BCUT2D eigenvalue weighted by Crippen LogP contribution is 2.36. The van der Waals surface area contributed by atoms with Crippen molar-refractivity contribution in [2.45, 2.75) is 11.1 Å². The van der Waals surface area contributed by atoms with E-state index in [9.17, 15) is 19.1 Å². The summed E-state index contributed by atoms with van der Waals surface area (Å²) in [6, 6.07) is 14.1. The molecule has 1 heterocycles. The van der Waals surface area contributed by atoms with Gasteiger partial charge in [-0.3, -0.25) is 9.59 Å². The number of carbonyl (C=O) groups excluding carboxylic acids is 1. The molecule has 0 amide bonds. The molecule has 126 valence electrons. The largest absolute Gasteiger partial charge is 0.506 e. The monoisotopic (exact) mass is 372 g/mol. The van der Waals surface area contributed by atoms with Gasteiger partial charge >= 0.3 is 0 Å². The van der Waals surface area contributed by atoms with Crippen molar-refractivity contribution >= 4 is 44.7 Å². The van der Waals surface area contributed by atoms with Crippen LogP contribution < -0.4 is 5.43 Å². The molecule has 0 aliphatic rings. The molecule has 1 N–H and O–H groups in total. The molecule has 3 aromatic rings. The Morgan fingerprint density at radius 2 is 1.84 bits per heavy atom. The van der Waals surface area contributed by atoms with Crippen LogP contribution in [-0.4, -0.2) is 10.9 Å². The quantitative estimate of drug-likeness (QED) is 0.397. The maximum Gasteiger partial charge on any atom is 0.189 e. The van der Waals surface area contributed by atoms with Gasteiger partial charge in [-0.1, -0.05) is 42.1 Å². The molecule has 3 nitrogen and oxygen atoms in total. The molecule has 0 radical (unpaired) electrons. The smallest absolute Gasteiger partial charge is 0.189 e. The number of halogens is 1. The highest BCUT2D eigenvalue weighted by molar-refractivity contribution is 8.05. The van der Waals surface area contributed by atoms with Gasteiger partial charge in [-0.2, -0.15) is 0 Å². The summed E-state index contributed by atoms with van der Waals surface area (Å²) in [4.78, 5) is 24.3. The van der Waals surface area contributed by atoms with Gasteiger partial charge in [0.05, 0.1) is 9.11 Å². The summed E-state index contributed by atoms with van der Waals surface area (Å²) in [5, 5.41) is 10.9. The first-order valence-corrected chi connectivity index (χ1v) is 9.00. The Hall–Kier alpha value is -2.44.